The Morgan fingerprint density at radius 2 is 2.04 bits per heavy atom. The first-order valence-corrected chi connectivity index (χ1v) is 8.34. The van der Waals surface area contributed by atoms with Gasteiger partial charge in [0.05, 0.1) is 11.6 Å². The Kier molecular flexibility index (Phi) is 3.95. The molecular weight excluding hydrogens is 340 g/mol. The van der Waals surface area contributed by atoms with Crippen LogP contribution in [0.4, 0.5) is 20.5 Å². The zero-order valence-electron chi connectivity index (χ0n) is 14.3. The van der Waals surface area contributed by atoms with Gasteiger partial charge in [0.1, 0.15) is 17.5 Å². The minimum Gasteiger partial charge on any atom is -0.365 e. The quantitative estimate of drug-likeness (QED) is 0.624. The molecule has 0 saturated heterocycles. The third-order valence-electron chi connectivity index (χ3n) is 4.54. The van der Waals surface area contributed by atoms with Gasteiger partial charge in [-0.2, -0.15) is 15.1 Å². The molecule has 9 heteroatoms. The number of nitrogens with two attached hydrogens (primary N) is 1. The maximum absolute atomic E-state index is 13.9. The zero-order chi connectivity index (χ0) is 18.3. The molecule has 2 aromatic heterocycles. The Hall–Kier alpha value is -2.81. The first-order valence-electron chi connectivity index (χ1n) is 8.34. The lowest BCUT2D eigenvalue weighted by Gasteiger charge is -2.13. The van der Waals surface area contributed by atoms with Crippen LogP contribution in [0.3, 0.4) is 0 Å². The van der Waals surface area contributed by atoms with Gasteiger partial charge >= 0.3 is 0 Å². The molecule has 1 aromatic carbocycles. The molecule has 0 radical (unpaired) electrons. The summed E-state index contributed by atoms with van der Waals surface area (Å²) in [5.74, 6) is -0.257. The SMILES string of the molecule is Cn1ncc2c(NCc3ccc(F)cc3F)nc(NCC3(N)CC3)nc21. The lowest BCUT2D eigenvalue weighted by atomic mass is 10.2. The molecule has 1 aliphatic carbocycles. The van der Waals surface area contributed by atoms with Crippen molar-refractivity contribution >= 4 is 22.8 Å². The first kappa shape index (κ1) is 16.6. The van der Waals surface area contributed by atoms with Crippen LogP contribution in [0.25, 0.3) is 11.0 Å². The summed E-state index contributed by atoms with van der Waals surface area (Å²) in [7, 11) is 1.79. The van der Waals surface area contributed by atoms with Crippen molar-refractivity contribution in [3.05, 3.63) is 41.6 Å². The largest absolute Gasteiger partial charge is 0.365 e. The van der Waals surface area contributed by atoms with E-state index >= 15 is 0 Å². The summed E-state index contributed by atoms with van der Waals surface area (Å²) >= 11 is 0. The number of fused-ring (bicyclic) bond motifs is 1. The Balaban J connectivity index is 1.59. The molecule has 0 bridgehead atoms. The van der Waals surface area contributed by atoms with Gasteiger partial charge in [-0.25, -0.2) is 8.78 Å². The predicted octanol–water partition coefficient (Wildman–Crippen LogP) is 2.16. The third kappa shape index (κ3) is 3.30. The second-order valence-corrected chi connectivity index (χ2v) is 6.71. The van der Waals surface area contributed by atoms with Crippen molar-refractivity contribution in [2.24, 2.45) is 12.8 Å². The Bertz CT molecular complexity index is 965. The van der Waals surface area contributed by atoms with E-state index in [0.717, 1.165) is 24.3 Å². The number of rotatable bonds is 6. The van der Waals surface area contributed by atoms with Crippen molar-refractivity contribution in [3.63, 3.8) is 0 Å². The van der Waals surface area contributed by atoms with Crippen LogP contribution in [-0.4, -0.2) is 31.8 Å². The van der Waals surface area contributed by atoms with Gasteiger partial charge in [-0.3, -0.25) is 4.68 Å². The average Bonchev–Trinajstić information content (AvgIpc) is 3.23. The van der Waals surface area contributed by atoms with E-state index in [4.69, 9.17) is 5.73 Å². The third-order valence-corrected chi connectivity index (χ3v) is 4.54. The van der Waals surface area contributed by atoms with E-state index in [2.05, 4.69) is 25.7 Å². The van der Waals surface area contributed by atoms with E-state index < -0.39 is 11.6 Å². The molecule has 0 spiro atoms. The summed E-state index contributed by atoms with van der Waals surface area (Å²) in [5.41, 5.74) is 6.90. The number of nitrogens with zero attached hydrogens (tertiary/aromatic N) is 4. The summed E-state index contributed by atoms with van der Waals surface area (Å²) in [4.78, 5) is 8.94. The van der Waals surface area contributed by atoms with Gasteiger partial charge in [0.25, 0.3) is 0 Å². The highest BCUT2D eigenvalue weighted by Gasteiger charge is 2.38. The van der Waals surface area contributed by atoms with E-state index in [-0.39, 0.29) is 12.1 Å². The van der Waals surface area contributed by atoms with Crippen molar-refractivity contribution in [1.29, 1.82) is 0 Å². The summed E-state index contributed by atoms with van der Waals surface area (Å²) in [5, 5.41) is 11.2. The Labute approximate surface area is 148 Å². The molecule has 3 aromatic rings. The molecule has 0 amide bonds. The lowest BCUT2D eigenvalue weighted by molar-refractivity contribution is 0.574. The Morgan fingerprint density at radius 3 is 2.77 bits per heavy atom. The Morgan fingerprint density at radius 1 is 1.23 bits per heavy atom. The first-order chi connectivity index (χ1) is 12.4. The van der Waals surface area contributed by atoms with Crippen LogP contribution in [-0.2, 0) is 13.6 Å². The van der Waals surface area contributed by atoms with Crippen LogP contribution in [0, 0.1) is 11.6 Å². The van der Waals surface area contributed by atoms with Crippen LogP contribution in [0.1, 0.15) is 18.4 Å². The van der Waals surface area contributed by atoms with Crippen LogP contribution in [0.2, 0.25) is 0 Å². The molecule has 4 rings (SSSR count). The number of benzene rings is 1. The van der Waals surface area contributed by atoms with Gasteiger partial charge in [-0.05, 0) is 18.9 Å². The fourth-order valence-electron chi connectivity index (χ4n) is 2.67. The maximum atomic E-state index is 13.9. The minimum absolute atomic E-state index is 0.160. The molecule has 1 saturated carbocycles. The van der Waals surface area contributed by atoms with Crippen LogP contribution in [0.15, 0.2) is 24.4 Å². The fraction of sp³-hybridized carbons (Fsp3) is 0.353. The zero-order valence-corrected chi connectivity index (χ0v) is 14.3. The highest BCUT2D eigenvalue weighted by Crippen LogP contribution is 2.32. The molecule has 7 nitrogen and oxygen atoms in total. The van der Waals surface area contributed by atoms with Gasteiger partial charge < -0.3 is 16.4 Å². The summed E-state index contributed by atoms with van der Waals surface area (Å²) in [6.45, 7) is 0.746. The van der Waals surface area contributed by atoms with Crippen molar-refractivity contribution in [3.8, 4) is 0 Å². The van der Waals surface area contributed by atoms with E-state index in [1.54, 1.807) is 17.9 Å². The smallest absolute Gasteiger partial charge is 0.226 e. The summed E-state index contributed by atoms with van der Waals surface area (Å²) < 4.78 is 28.5. The molecular formula is C17H19F2N7. The second kappa shape index (κ2) is 6.17. The van der Waals surface area contributed by atoms with Crippen LogP contribution >= 0.6 is 0 Å². The number of halogens is 2. The molecule has 0 unspecified atom stereocenters. The van der Waals surface area contributed by atoms with Crippen LogP contribution < -0.4 is 16.4 Å². The van der Waals surface area contributed by atoms with E-state index in [1.165, 1.54) is 12.1 Å². The number of hydrogen-bond donors (Lipinski definition) is 3. The maximum Gasteiger partial charge on any atom is 0.226 e. The van der Waals surface area contributed by atoms with Gasteiger partial charge in [-0.1, -0.05) is 6.07 Å². The molecule has 1 aliphatic rings. The van der Waals surface area contributed by atoms with E-state index in [9.17, 15) is 8.78 Å². The van der Waals surface area contributed by atoms with Gasteiger partial charge in [0.2, 0.25) is 5.95 Å². The standard InChI is InChI=1S/C17H19F2N7/c1-26-15-12(8-23-26)14(21-7-10-2-3-11(18)6-13(10)19)24-16(25-15)22-9-17(20)4-5-17/h2-3,6,8H,4-5,7,9,20H2,1H3,(H2,21,22,24,25). The molecule has 0 atom stereocenters. The summed E-state index contributed by atoms with van der Waals surface area (Å²) in [6, 6.07) is 3.49. The molecule has 1 fully saturated rings. The number of hydrogen-bond acceptors (Lipinski definition) is 6. The monoisotopic (exact) mass is 359 g/mol. The molecule has 4 N–H and O–H groups in total. The van der Waals surface area contributed by atoms with E-state index in [0.29, 0.717) is 29.5 Å². The number of nitrogens with one attached hydrogen (secondary N) is 2. The molecule has 26 heavy (non-hydrogen) atoms. The van der Waals surface area contributed by atoms with Crippen molar-refractivity contribution in [1.82, 2.24) is 19.7 Å². The molecule has 0 aliphatic heterocycles. The van der Waals surface area contributed by atoms with Crippen molar-refractivity contribution in [2.75, 3.05) is 17.2 Å². The highest BCUT2D eigenvalue weighted by molar-refractivity contribution is 5.87. The topological polar surface area (TPSA) is 93.7 Å². The van der Waals surface area contributed by atoms with E-state index in [1.807, 2.05) is 0 Å². The second-order valence-electron chi connectivity index (χ2n) is 6.71. The molecule has 2 heterocycles. The number of anilines is 2. The lowest BCUT2D eigenvalue weighted by Crippen LogP contribution is -2.31. The van der Waals surface area contributed by atoms with Crippen molar-refractivity contribution in [2.45, 2.75) is 24.9 Å². The summed E-state index contributed by atoms with van der Waals surface area (Å²) in [6.07, 6.45) is 3.60. The fourth-order valence-corrected chi connectivity index (χ4v) is 2.67. The number of aryl methyl sites for hydroxylation is 1. The number of aromatic nitrogens is 4. The van der Waals surface area contributed by atoms with Gasteiger partial charge in [0, 0.05) is 37.3 Å². The normalized spacial score (nSPS) is 15.2. The predicted molar refractivity (Wildman–Crippen MR) is 94.6 cm³/mol. The average molecular weight is 359 g/mol. The van der Waals surface area contributed by atoms with Gasteiger partial charge in [0.15, 0.2) is 5.65 Å². The minimum atomic E-state index is -0.606. The highest BCUT2D eigenvalue weighted by atomic mass is 19.1. The van der Waals surface area contributed by atoms with Gasteiger partial charge in [-0.15, -0.1) is 0 Å². The molecule has 136 valence electrons. The van der Waals surface area contributed by atoms with Crippen molar-refractivity contribution < 1.29 is 8.78 Å². The van der Waals surface area contributed by atoms with Crippen LogP contribution in [0.5, 0.6) is 0 Å².